The number of aromatic nitrogens is 4. The van der Waals surface area contributed by atoms with E-state index in [9.17, 15) is 4.79 Å². The third kappa shape index (κ3) is 2.34. The number of methoxy groups -OCH3 is 1. The first kappa shape index (κ1) is 13.8. The SMILES string of the molecule is COc1cccc(C2CCCN2c2nc3[nH]ncc3c(=O)[nH]2)c1. The normalized spacial score (nSPS) is 17.8. The van der Waals surface area contributed by atoms with E-state index >= 15 is 0 Å². The Balaban J connectivity index is 1.75. The number of anilines is 1. The molecule has 2 N–H and O–H groups in total. The number of hydrogen-bond donors (Lipinski definition) is 2. The van der Waals surface area contributed by atoms with Gasteiger partial charge in [0.1, 0.15) is 11.1 Å². The number of rotatable bonds is 3. The van der Waals surface area contributed by atoms with Crippen molar-refractivity contribution >= 4 is 17.0 Å². The van der Waals surface area contributed by atoms with E-state index in [-0.39, 0.29) is 11.6 Å². The van der Waals surface area contributed by atoms with Crippen LogP contribution in [0.15, 0.2) is 35.3 Å². The second-order valence-corrected chi connectivity index (χ2v) is 5.65. The number of ether oxygens (including phenoxy) is 1. The van der Waals surface area contributed by atoms with Gasteiger partial charge in [-0.3, -0.25) is 14.9 Å². The van der Waals surface area contributed by atoms with Gasteiger partial charge < -0.3 is 9.64 Å². The lowest BCUT2D eigenvalue weighted by atomic mass is 10.0. The van der Waals surface area contributed by atoms with Gasteiger partial charge in [-0.15, -0.1) is 0 Å². The molecule has 0 saturated carbocycles. The van der Waals surface area contributed by atoms with Crippen LogP contribution in [0.3, 0.4) is 0 Å². The predicted octanol–water partition coefficient (Wildman–Crippen LogP) is 2.00. The molecule has 4 rings (SSSR count). The van der Waals surface area contributed by atoms with E-state index < -0.39 is 0 Å². The summed E-state index contributed by atoms with van der Waals surface area (Å²) in [7, 11) is 1.66. The van der Waals surface area contributed by atoms with Crippen LogP contribution in [0.5, 0.6) is 5.75 Å². The average Bonchev–Trinajstić information content (AvgIpc) is 3.24. The van der Waals surface area contributed by atoms with E-state index in [1.54, 1.807) is 7.11 Å². The zero-order chi connectivity index (χ0) is 15.8. The Bertz CT molecular complexity index is 901. The summed E-state index contributed by atoms with van der Waals surface area (Å²) < 4.78 is 5.32. The largest absolute Gasteiger partial charge is 0.497 e. The maximum Gasteiger partial charge on any atom is 0.263 e. The number of fused-ring (bicyclic) bond motifs is 1. The molecule has 1 aromatic carbocycles. The molecule has 1 aliphatic rings. The van der Waals surface area contributed by atoms with Crippen LogP contribution in [0, 0.1) is 0 Å². The van der Waals surface area contributed by atoms with Crippen LogP contribution in [-0.2, 0) is 0 Å². The van der Waals surface area contributed by atoms with Gasteiger partial charge in [0.2, 0.25) is 5.95 Å². The molecule has 118 valence electrons. The first-order valence-electron chi connectivity index (χ1n) is 7.60. The first-order valence-corrected chi connectivity index (χ1v) is 7.60. The zero-order valence-electron chi connectivity index (χ0n) is 12.7. The molecule has 0 amide bonds. The van der Waals surface area contributed by atoms with Crippen LogP contribution in [-0.4, -0.2) is 33.8 Å². The molecule has 7 nitrogen and oxygen atoms in total. The highest BCUT2D eigenvalue weighted by molar-refractivity contribution is 5.73. The predicted molar refractivity (Wildman–Crippen MR) is 86.8 cm³/mol. The van der Waals surface area contributed by atoms with Crippen molar-refractivity contribution in [3.8, 4) is 5.75 Å². The molecule has 3 heterocycles. The zero-order valence-corrected chi connectivity index (χ0v) is 12.7. The molecule has 0 aliphatic carbocycles. The minimum Gasteiger partial charge on any atom is -0.497 e. The molecule has 0 spiro atoms. The van der Waals surface area contributed by atoms with Crippen molar-refractivity contribution in [1.29, 1.82) is 0 Å². The van der Waals surface area contributed by atoms with Gasteiger partial charge in [0, 0.05) is 6.54 Å². The summed E-state index contributed by atoms with van der Waals surface area (Å²) in [6, 6.07) is 8.21. The van der Waals surface area contributed by atoms with Crippen LogP contribution in [0.1, 0.15) is 24.4 Å². The maximum absolute atomic E-state index is 12.2. The first-order chi connectivity index (χ1) is 11.3. The average molecular weight is 311 g/mol. The van der Waals surface area contributed by atoms with Gasteiger partial charge in [-0.1, -0.05) is 12.1 Å². The molecule has 1 fully saturated rings. The van der Waals surface area contributed by atoms with E-state index in [2.05, 4.69) is 31.1 Å². The lowest BCUT2D eigenvalue weighted by Gasteiger charge is -2.25. The van der Waals surface area contributed by atoms with E-state index in [0.717, 1.165) is 30.7 Å². The number of hydrogen-bond acceptors (Lipinski definition) is 5. The van der Waals surface area contributed by atoms with Gasteiger partial charge in [0.05, 0.1) is 19.3 Å². The Kier molecular flexibility index (Phi) is 3.25. The molecular weight excluding hydrogens is 294 g/mol. The molecule has 1 atom stereocenters. The fourth-order valence-electron chi connectivity index (χ4n) is 3.19. The van der Waals surface area contributed by atoms with Crippen LogP contribution < -0.4 is 15.2 Å². The molecule has 1 saturated heterocycles. The molecule has 3 aromatic rings. The minimum absolute atomic E-state index is 0.171. The van der Waals surface area contributed by atoms with Crippen LogP contribution in [0.25, 0.3) is 11.0 Å². The molecule has 2 aromatic heterocycles. The Morgan fingerprint density at radius 1 is 1.39 bits per heavy atom. The van der Waals surface area contributed by atoms with Gasteiger partial charge in [-0.25, -0.2) is 0 Å². The van der Waals surface area contributed by atoms with Gasteiger partial charge in [0.25, 0.3) is 5.56 Å². The topological polar surface area (TPSA) is 86.9 Å². The quantitative estimate of drug-likeness (QED) is 0.772. The summed E-state index contributed by atoms with van der Waals surface area (Å²) in [5.41, 5.74) is 1.50. The molecule has 1 unspecified atom stereocenters. The van der Waals surface area contributed by atoms with E-state index in [4.69, 9.17) is 4.74 Å². The van der Waals surface area contributed by atoms with Crippen LogP contribution >= 0.6 is 0 Å². The summed E-state index contributed by atoms with van der Waals surface area (Å²) in [5.74, 6) is 1.41. The Morgan fingerprint density at radius 3 is 3.17 bits per heavy atom. The van der Waals surface area contributed by atoms with Crippen molar-refractivity contribution in [3.05, 3.63) is 46.4 Å². The second-order valence-electron chi connectivity index (χ2n) is 5.65. The number of H-pyrrole nitrogens is 2. The number of benzene rings is 1. The maximum atomic E-state index is 12.2. The molecular formula is C16H17N5O2. The summed E-state index contributed by atoms with van der Waals surface area (Å²) in [6.07, 6.45) is 3.55. The standard InChI is InChI=1S/C16H17N5O2/c1-23-11-5-2-4-10(8-11)13-6-3-7-21(13)16-18-14-12(9-17-20-14)15(22)19-16/h2,4-5,8-9,13H,3,6-7H2,1H3,(H2,17,18,19,20,22). The lowest BCUT2D eigenvalue weighted by molar-refractivity contribution is 0.414. The lowest BCUT2D eigenvalue weighted by Crippen LogP contribution is -2.27. The fraction of sp³-hybridized carbons (Fsp3) is 0.312. The second kappa shape index (κ2) is 5.42. The Hall–Kier alpha value is -2.83. The van der Waals surface area contributed by atoms with Gasteiger partial charge in [0.15, 0.2) is 5.65 Å². The molecule has 7 heteroatoms. The highest BCUT2D eigenvalue weighted by Gasteiger charge is 2.28. The van der Waals surface area contributed by atoms with E-state index in [1.165, 1.54) is 6.20 Å². The van der Waals surface area contributed by atoms with E-state index in [0.29, 0.717) is 17.0 Å². The highest BCUT2D eigenvalue weighted by Crippen LogP contribution is 2.35. The van der Waals surface area contributed by atoms with Crippen molar-refractivity contribution in [3.63, 3.8) is 0 Å². The van der Waals surface area contributed by atoms with Crippen molar-refractivity contribution in [2.75, 3.05) is 18.6 Å². The Labute approximate surface area is 132 Å². The molecule has 1 aliphatic heterocycles. The van der Waals surface area contributed by atoms with Gasteiger partial charge in [-0.05, 0) is 30.5 Å². The fourth-order valence-corrected chi connectivity index (χ4v) is 3.19. The highest BCUT2D eigenvalue weighted by atomic mass is 16.5. The number of nitrogens with one attached hydrogen (secondary N) is 2. The Morgan fingerprint density at radius 2 is 2.30 bits per heavy atom. The number of aromatic amines is 2. The summed E-state index contributed by atoms with van der Waals surface area (Å²) in [4.78, 5) is 21.7. The van der Waals surface area contributed by atoms with E-state index in [1.807, 2.05) is 18.2 Å². The monoisotopic (exact) mass is 311 g/mol. The number of nitrogens with zero attached hydrogens (tertiary/aromatic N) is 3. The molecule has 23 heavy (non-hydrogen) atoms. The smallest absolute Gasteiger partial charge is 0.263 e. The minimum atomic E-state index is -0.171. The van der Waals surface area contributed by atoms with Crippen LogP contribution in [0.4, 0.5) is 5.95 Å². The van der Waals surface area contributed by atoms with Crippen molar-refractivity contribution in [2.24, 2.45) is 0 Å². The van der Waals surface area contributed by atoms with Crippen molar-refractivity contribution in [1.82, 2.24) is 20.2 Å². The molecule has 0 bridgehead atoms. The molecule has 0 radical (unpaired) electrons. The summed E-state index contributed by atoms with van der Waals surface area (Å²) >= 11 is 0. The third-order valence-electron chi connectivity index (χ3n) is 4.31. The summed E-state index contributed by atoms with van der Waals surface area (Å²) in [5, 5.41) is 7.13. The van der Waals surface area contributed by atoms with Gasteiger partial charge >= 0.3 is 0 Å². The third-order valence-corrected chi connectivity index (χ3v) is 4.31. The summed E-state index contributed by atoms with van der Waals surface area (Å²) in [6.45, 7) is 0.852. The van der Waals surface area contributed by atoms with Crippen molar-refractivity contribution < 1.29 is 4.74 Å². The van der Waals surface area contributed by atoms with Gasteiger partial charge in [-0.2, -0.15) is 10.1 Å². The van der Waals surface area contributed by atoms with Crippen molar-refractivity contribution in [2.45, 2.75) is 18.9 Å². The van der Waals surface area contributed by atoms with Crippen LogP contribution in [0.2, 0.25) is 0 Å².